The standard InChI is InChI=1S/C19H15NO4/c1-11-3-5-12(6-4-11)18-17-14-8-7-13(19(21)22-2)9-15(14)23-10-16(17)24-20-18/h3-9H,10H2,1-2H3. The topological polar surface area (TPSA) is 61.6 Å². The van der Waals surface area contributed by atoms with Crippen LogP contribution < -0.4 is 4.74 Å². The lowest BCUT2D eigenvalue weighted by atomic mass is 9.95. The fourth-order valence-electron chi connectivity index (χ4n) is 2.85. The fraction of sp³-hybridized carbons (Fsp3) is 0.158. The molecule has 0 amide bonds. The molecule has 0 aliphatic carbocycles. The number of esters is 1. The van der Waals surface area contributed by atoms with E-state index in [4.69, 9.17) is 14.0 Å². The van der Waals surface area contributed by atoms with Crippen molar-refractivity contribution in [2.75, 3.05) is 7.11 Å². The Morgan fingerprint density at radius 3 is 2.71 bits per heavy atom. The van der Waals surface area contributed by atoms with E-state index in [2.05, 4.69) is 5.16 Å². The Hall–Kier alpha value is -3.08. The highest BCUT2D eigenvalue weighted by atomic mass is 16.5. The molecular weight excluding hydrogens is 306 g/mol. The number of aryl methyl sites for hydroxylation is 1. The number of hydrogen-bond donors (Lipinski definition) is 0. The van der Waals surface area contributed by atoms with E-state index in [0.717, 1.165) is 22.4 Å². The summed E-state index contributed by atoms with van der Waals surface area (Å²) in [7, 11) is 1.36. The number of rotatable bonds is 2. The molecule has 0 spiro atoms. The van der Waals surface area contributed by atoms with Gasteiger partial charge in [-0.15, -0.1) is 0 Å². The number of nitrogens with zero attached hydrogens (tertiary/aromatic N) is 1. The number of fused-ring (bicyclic) bond motifs is 3. The maximum absolute atomic E-state index is 11.7. The third-order valence-electron chi connectivity index (χ3n) is 4.12. The molecule has 0 saturated heterocycles. The van der Waals surface area contributed by atoms with Gasteiger partial charge in [0, 0.05) is 11.1 Å². The third-order valence-corrected chi connectivity index (χ3v) is 4.12. The van der Waals surface area contributed by atoms with Gasteiger partial charge < -0.3 is 14.0 Å². The van der Waals surface area contributed by atoms with Crippen molar-refractivity contribution in [1.82, 2.24) is 5.16 Å². The normalized spacial score (nSPS) is 12.1. The van der Waals surface area contributed by atoms with Crippen molar-refractivity contribution in [3.63, 3.8) is 0 Å². The number of carbonyl (C=O) groups excluding carboxylic acids is 1. The Morgan fingerprint density at radius 2 is 1.96 bits per heavy atom. The highest BCUT2D eigenvalue weighted by Gasteiger charge is 2.27. The van der Waals surface area contributed by atoms with Gasteiger partial charge in [0.05, 0.1) is 18.2 Å². The minimum atomic E-state index is -0.392. The van der Waals surface area contributed by atoms with Gasteiger partial charge in [-0.25, -0.2) is 4.79 Å². The number of aromatic nitrogens is 1. The van der Waals surface area contributed by atoms with Crippen molar-refractivity contribution < 1.29 is 18.8 Å². The average Bonchev–Trinajstić information content (AvgIpc) is 3.05. The number of methoxy groups -OCH3 is 1. The number of benzene rings is 2. The zero-order valence-corrected chi connectivity index (χ0v) is 13.3. The SMILES string of the molecule is COC(=O)c1ccc2c(c1)OCc1onc(-c3ccc(C)cc3)c1-2. The maximum atomic E-state index is 11.7. The van der Waals surface area contributed by atoms with Gasteiger partial charge in [0.15, 0.2) is 5.76 Å². The van der Waals surface area contributed by atoms with E-state index in [1.807, 2.05) is 37.3 Å². The molecule has 0 fully saturated rings. The first-order valence-electron chi connectivity index (χ1n) is 7.58. The van der Waals surface area contributed by atoms with E-state index < -0.39 is 5.97 Å². The van der Waals surface area contributed by atoms with E-state index >= 15 is 0 Å². The van der Waals surface area contributed by atoms with Crippen LogP contribution in [0.2, 0.25) is 0 Å². The molecule has 0 radical (unpaired) electrons. The molecule has 0 N–H and O–H groups in total. The first kappa shape index (κ1) is 14.5. The van der Waals surface area contributed by atoms with Crippen molar-refractivity contribution in [2.45, 2.75) is 13.5 Å². The quantitative estimate of drug-likeness (QED) is 0.668. The molecule has 4 rings (SSSR count). The lowest BCUT2D eigenvalue weighted by molar-refractivity contribution is 0.0600. The monoisotopic (exact) mass is 321 g/mol. The smallest absolute Gasteiger partial charge is 0.337 e. The maximum Gasteiger partial charge on any atom is 0.337 e. The molecule has 5 heteroatoms. The molecule has 0 bridgehead atoms. The van der Waals surface area contributed by atoms with Crippen LogP contribution >= 0.6 is 0 Å². The Balaban J connectivity index is 1.84. The van der Waals surface area contributed by atoms with Crippen molar-refractivity contribution in [1.29, 1.82) is 0 Å². The predicted molar refractivity (Wildman–Crippen MR) is 87.8 cm³/mol. The van der Waals surface area contributed by atoms with Gasteiger partial charge in [-0.1, -0.05) is 35.0 Å². The molecule has 24 heavy (non-hydrogen) atoms. The Morgan fingerprint density at radius 1 is 1.17 bits per heavy atom. The summed E-state index contributed by atoms with van der Waals surface area (Å²) in [5.41, 5.74) is 5.17. The largest absolute Gasteiger partial charge is 0.485 e. The molecular formula is C19H15NO4. The summed E-state index contributed by atoms with van der Waals surface area (Å²) in [5, 5.41) is 4.22. The Labute approximate surface area is 138 Å². The number of hydrogen-bond acceptors (Lipinski definition) is 5. The van der Waals surface area contributed by atoms with Gasteiger partial charge in [0.1, 0.15) is 18.1 Å². The third kappa shape index (κ3) is 2.25. The van der Waals surface area contributed by atoms with Crippen LogP contribution in [-0.2, 0) is 11.3 Å². The summed E-state index contributed by atoms with van der Waals surface area (Å²) < 4.78 is 15.9. The van der Waals surface area contributed by atoms with Crippen molar-refractivity contribution >= 4 is 5.97 Å². The van der Waals surface area contributed by atoms with E-state index in [-0.39, 0.29) is 6.61 Å². The van der Waals surface area contributed by atoms with E-state index in [1.165, 1.54) is 12.7 Å². The minimum Gasteiger partial charge on any atom is -0.485 e. The molecule has 3 aromatic rings. The molecule has 0 unspecified atom stereocenters. The average molecular weight is 321 g/mol. The highest BCUT2D eigenvalue weighted by molar-refractivity contribution is 5.93. The van der Waals surface area contributed by atoms with Crippen LogP contribution in [0, 0.1) is 6.92 Å². The minimum absolute atomic E-state index is 0.284. The summed E-state index contributed by atoms with van der Waals surface area (Å²) >= 11 is 0. The lowest BCUT2D eigenvalue weighted by Gasteiger charge is -2.17. The second kappa shape index (κ2) is 5.53. The summed E-state index contributed by atoms with van der Waals surface area (Å²) in [6, 6.07) is 13.4. The summed E-state index contributed by atoms with van der Waals surface area (Å²) in [6.45, 7) is 2.32. The van der Waals surface area contributed by atoms with Crippen molar-refractivity contribution in [3.05, 3.63) is 59.4 Å². The number of ether oxygens (including phenoxy) is 2. The van der Waals surface area contributed by atoms with Gasteiger partial charge in [-0.2, -0.15) is 0 Å². The van der Waals surface area contributed by atoms with Crippen LogP contribution in [0.5, 0.6) is 5.75 Å². The van der Waals surface area contributed by atoms with Gasteiger partial charge >= 0.3 is 5.97 Å². The van der Waals surface area contributed by atoms with Crippen LogP contribution in [0.25, 0.3) is 22.4 Å². The molecule has 2 heterocycles. The Bertz CT molecular complexity index is 925. The zero-order valence-electron chi connectivity index (χ0n) is 13.3. The molecule has 120 valence electrons. The van der Waals surface area contributed by atoms with Gasteiger partial charge in [-0.05, 0) is 25.1 Å². The molecule has 0 atom stereocenters. The molecule has 1 aliphatic rings. The lowest BCUT2D eigenvalue weighted by Crippen LogP contribution is -2.07. The molecule has 1 aliphatic heterocycles. The van der Waals surface area contributed by atoms with Crippen LogP contribution in [0.15, 0.2) is 47.0 Å². The zero-order chi connectivity index (χ0) is 16.7. The second-order valence-corrected chi connectivity index (χ2v) is 5.69. The first-order valence-corrected chi connectivity index (χ1v) is 7.58. The summed E-state index contributed by atoms with van der Waals surface area (Å²) in [5.74, 6) is 0.919. The number of carbonyl (C=O) groups is 1. The molecule has 0 saturated carbocycles. The molecule has 2 aromatic carbocycles. The molecule has 1 aromatic heterocycles. The van der Waals surface area contributed by atoms with Crippen LogP contribution in [-0.4, -0.2) is 18.2 Å². The van der Waals surface area contributed by atoms with E-state index in [1.54, 1.807) is 12.1 Å². The molecule has 5 nitrogen and oxygen atoms in total. The van der Waals surface area contributed by atoms with Crippen LogP contribution in [0.1, 0.15) is 21.7 Å². The van der Waals surface area contributed by atoms with Gasteiger partial charge in [-0.3, -0.25) is 0 Å². The van der Waals surface area contributed by atoms with Crippen LogP contribution in [0.3, 0.4) is 0 Å². The first-order chi connectivity index (χ1) is 11.7. The summed E-state index contributed by atoms with van der Waals surface area (Å²) in [6.07, 6.45) is 0. The highest BCUT2D eigenvalue weighted by Crippen LogP contribution is 2.43. The van der Waals surface area contributed by atoms with Crippen LogP contribution in [0.4, 0.5) is 0 Å². The predicted octanol–water partition coefficient (Wildman–Crippen LogP) is 4.00. The van der Waals surface area contributed by atoms with E-state index in [9.17, 15) is 4.79 Å². The Kier molecular flexibility index (Phi) is 3.34. The van der Waals surface area contributed by atoms with Crippen molar-refractivity contribution in [2.24, 2.45) is 0 Å². The van der Waals surface area contributed by atoms with Gasteiger partial charge in [0.25, 0.3) is 0 Å². The second-order valence-electron chi connectivity index (χ2n) is 5.69. The summed E-state index contributed by atoms with van der Waals surface area (Å²) in [4.78, 5) is 11.7. The van der Waals surface area contributed by atoms with E-state index in [0.29, 0.717) is 17.1 Å². The fourth-order valence-corrected chi connectivity index (χ4v) is 2.85. The van der Waals surface area contributed by atoms with Crippen molar-refractivity contribution in [3.8, 4) is 28.1 Å². The van der Waals surface area contributed by atoms with Gasteiger partial charge in [0.2, 0.25) is 0 Å².